The number of hydrogen-bond donors (Lipinski definition) is 2. The van der Waals surface area contributed by atoms with Gasteiger partial charge in [0.2, 0.25) is 0 Å². The summed E-state index contributed by atoms with van der Waals surface area (Å²) in [6.07, 6.45) is 0.581. The van der Waals surface area contributed by atoms with E-state index in [9.17, 15) is 19.7 Å². The number of anilines is 1. The molecule has 0 aliphatic heterocycles. The van der Waals surface area contributed by atoms with Crippen molar-refractivity contribution in [1.82, 2.24) is 0 Å². The zero-order valence-corrected chi connectivity index (χ0v) is 10.7. The van der Waals surface area contributed by atoms with Gasteiger partial charge in [0.1, 0.15) is 11.4 Å². The predicted molar refractivity (Wildman–Crippen MR) is 69.2 cm³/mol. The molecule has 0 saturated carbocycles. The van der Waals surface area contributed by atoms with Crippen LogP contribution in [0.15, 0.2) is 30.0 Å². The number of carbonyl (C=O) groups is 2. The Kier molecular flexibility index (Phi) is 4.79. The SMILES string of the molecule is COC(=O)C(=CC(=O)O)Nc1cc(C)ccc1[N+](=O)[O-]. The quantitative estimate of drug-likeness (QED) is 0.362. The molecule has 0 atom stereocenters. The summed E-state index contributed by atoms with van der Waals surface area (Å²) >= 11 is 0. The van der Waals surface area contributed by atoms with Crippen molar-refractivity contribution in [3.8, 4) is 0 Å². The molecule has 0 heterocycles. The Balaban J connectivity index is 3.23. The number of aryl methyl sites for hydroxylation is 1. The molecule has 0 aromatic heterocycles. The topological polar surface area (TPSA) is 119 Å². The van der Waals surface area contributed by atoms with Crippen LogP contribution < -0.4 is 5.32 Å². The van der Waals surface area contributed by atoms with Crippen LogP contribution in [0.4, 0.5) is 11.4 Å². The van der Waals surface area contributed by atoms with E-state index in [1.165, 1.54) is 18.2 Å². The van der Waals surface area contributed by atoms with E-state index >= 15 is 0 Å². The largest absolute Gasteiger partial charge is 0.478 e. The monoisotopic (exact) mass is 280 g/mol. The number of carboxylic acids is 1. The molecule has 0 amide bonds. The van der Waals surface area contributed by atoms with Crippen molar-refractivity contribution < 1.29 is 24.4 Å². The Morgan fingerprint density at radius 2 is 2.10 bits per heavy atom. The molecule has 0 bridgehead atoms. The van der Waals surface area contributed by atoms with Crippen LogP contribution in [0.3, 0.4) is 0 Å². The molecule has 0 radical (unpaired) electrons. The summed E-state index contributed by atoms with van der Waals surface area (Å²) in [7, 11) is 1.07. The highest BCUT2D eigenvalue weighted by Gasteiger charge is 2.18. The number of benzene rings is 1. The lowest BCUT2D eigenvalue weighted by molar-refractivity contribution is -0.383. The van der Waals surface area contributed by atoms with Crippen molar-refractivity contribution in [2.24, 2.45) is 0 Å². The minimum absolute atomic E-state index is 0.00731. The van der Waals surface area contributed by atoms with Crippen molar-refractivity contribution in [3.63, 3.8) is 0 Å². The number of rotatable bonds is 5. The first kappa shape index (κ1) is 15.2. The minimum Gasteiger partial charge on any atom is -0.478 e. The Morgan fingerprint density at radius 1 is 1.45 bits per heavy atom. The van der Waals surface area contributed by atoms with E-state index in [0.717, 1.165) is 7.11 Å². The fourth-order valence-electron chi connectivity index (χ4n) is 1.43. The number of ether oxygens (including phenoxy) is 1. The molecule has 0 spiro atoms. The molecule has 8 nitrogen and oxygen atoms in total. The number of aliphatic carboxylic acids is 1. The maximum absolute atomic E-state index is 11.4. The molecule has 1 aromatic rings. The van der Waals surface area contributed by atoms with Crippen LogP contribution in [0.5, 0.6) is 0 Å². The maximum atomic E-state index is 11.4. The van der Waals surface area contributed by atoms with Gasteiger partial charge in [0.25, 0.3) is 5.69 Å². The first-order chi connectivity index (χ1) is 9.35. The summed E-state index contributed by atoms with van der Waals surface area (Å²) < 4.78 is 4.41. The fraction of sp³-hybridized carbons (Fsp3) is 0.167. The normalized spacial score (nSPS) is 10.8. The van der Waals surface area contributed by atoms with Gasteiger partial charge in [-0.3, -0.25) is 10.1 Å². The number of esters is 1. The summed E-state index contributed by atoms with van der Waals surface area (Å²) in [6, 6.07) is 4.21. The molecule has 2 N–H and O–H groups in total. The van der Waals surface area contributed by atoms with E-state index in [1.54, 1.807) is 6.92 Å². The molecule has 1 rings (SSSR count). The van der Waals surface area contributed by atoms with Gasteiger partial charge in [0.05, 0.1) is 18.1 Å². The lowest BCUT2D eigenvalue weighted by Crippen LogP contribution is -2.15. The average molecular weight is 280 g/mol. The highest BCUT2D eigenvalue weighted by atomic mass is 16.6. The van der Waals surface area contributed by atoms with E-state index in [1.807, 2.05) is 0 Å². The standard InChI is InChI=1S/C12H12N2O6/c1-7-3-4-10(14(18)19)8(5-7)13-9(6-11(15)16)12(17)20-2/h3-6,13H,1-2H3,(H,15,16). The Bertz CT molecular complexity index is 594. The highest BCUT2D eigenvalue weighted by molar-refractivity contribution is 5.98. The van der Waals surface area contributed by atoms with Crippen LogP contribution in [0.25, 0.3) is 0 Å². The van der Waals surface area contributed by atoms with E-state index in [4.69, 9.17) is 5.11 Å². The second-order valence-corrected chi connectivity index (χ2v) is 3.79. The van der Waals surface area contributed by atoms with Gasteiger partial charge in [-0.1, -0.05) is 6.07 Å². The van der Waals surface area contributed by atoms with Crippen LogP contribution in [0.1, 0.15) is 5.56 Å². The second-order valence-electron chi connectivity index (χ2n) is 3.79. The molecular formula is C12H12N2O6. The summed E-state index contributed by atoms with van der Waals surface area (Å²) in [4.78, 5) is 32.3. The molecule has 1 aromatic carbocycles. The number of hydrogen-bond acceptors (Lipinski definition) is 6. The molecule has 0 aliphatic rings. The summed E-state index contributed by atoms with van der Waals surface area (Å²) in [6.45, 7) is 1.70. The third-order valence-corrected chi connectivity index (χ3v) is 2.29. The molecular weight excluding hydrogens is 268 g/mol. The molecule has 0 saturated heterocycles. The first-order valence-corrected chi connectivity index (χ1v) is 5.40. The van der Waals surface area contributed by atoms with Gasteiger partial charge in [-0.2, -0.15) is 0 Å². The smallest absolute Gasteiger partial charge is 0.354 e. The number of nitrogens with zero attached hydrogens (tertiary/aromatic N) is 1. The summed E-state index contributed by atoms with van der Waals surface area (Å²) in [5.74, 6) is -2.32. The van der Waals surface area contributed by atoms with Crippen molar-refractivity contribution >= 4 is 23.3 Å². The third kappa shape index (κ3) is 3.80. The Hall–Kier alpha value is -2.90. The van der Waals surface area contributed by atoms with E-state index in [0.29, 0.717) is 11.6 Å². The third-order valence-electron chi connectivity index (χ3n) is 2.29. The van der Waals surface area contributed by atoms with Gasteiger partial charge in [0.15, 0.2) is 0 Å². The van der Waals surface area contributed by atoms with E-state index < -0.39 is 22.6 Å². The van der Waals surface area contributed by atoms with Crippen LogP contribution in [0.2, 0.25) is 0 Å². The Labute approximate surface area is 113 Å². The molecule has 106 valence electrons. The lowest BCUT2D eigenvalue weighted by Gasteiger charge is -2.09. The number of nitro benzene ring substituents is 1. The predicted octanol–water partition coefficient (Wildman–Crippen LogP) is 1.46. The van der Waals surface area contributed by atoms with Gasteiger partial charge in [-0.05, 0) is 18.6 Å². The number of nitrogens with one attached hydrogen (secondary N) is 1. The zero-order valence-electron chi connectivity index (χ0n) is 10.7. The first-order valence-electron chi connectivity index (χ1n) is 5.40. The second kappa shape index (κ2) is 6.32. The molecule has 20 heavy (non-hydrogen) atoms. The molecule has 0 unspecified atom stereocenters. The summed E-state index contributed by atoms with van der Waals surface area (Å²) in [5, 5.41) is 22.0. The van der Waals surface area contributed by atoms with Gasteiger partial charge in [0, 0.05) is 6.07 Å². The lowest BCUT2D eigenvalue weighted by atomic mass is 10.2. The number of carbonyl (C=O) groups excluding carboxylic acids is 1. The number of methoxy groups -OCH3 is 1. The van der Waals surface area contributed by atoms with Gasteiger partial charge in [-0.15, -0.1) is 0 Å². The van der Waals surface area contributed by atoms with Crippen molar-refractivity contribution in [1.29, 1.82) is 0 Å². The molecule has 0 aliphatic carbocycles. The van der Waals surface area contributed by atoms with Gasteiger partial charge in [-0.25, -0.2) is 9.59 Å². The highest BCUT2D eigenvalue weighted by Crippen LogP contribution is 2.26. The van der Waals surface area contributed by atoms with Crippen LogP contribution in [-0.4, -0.2) is 29.1 Å². The van der Waals surface area contributed by atoms with Crippen LogP contribution in [0, 0.1) is 17.0 Å². The van der Waals surface area contributed by atoms with Gasteiger partial charge < -0.3 is 15.2 Å². The van der Waals surface area contributed by atoms with Crippen LogP contribution in [-0.2, 0) is 14.3 Å². The van der Waals surface area contributed by atoms with Gasteiger partial charge >= 0.3 is 11.9 Å². The average Bonchev–Trinajstić information content (AvgIpc) is 2.36. The van der Waals surface area contributed by atoms with E-state index in [2.05, 4.69) is 10.1 Å². The van der Waals surface area contributed by atoms with Crippen molar-refractivity contribution in [2.45, 2.75) is 6.92 Å². The summed E-state index contributed by atoms with van der Waals surface area (Å²) in [5.41, 5.74) is 0.0232. The molecule has 8 heteroatoms. The zero-order chi connectivity index (χ0) is 15.3. The maximum Gasteiger partial charge on any atom is 0.354 e. The Morgan fingerprint density at radius 3 is 2.60 bits per heavy atom. The van der Waals surface area contributed by atoms with E-state index in [-0.39, 0.29) is 11.4 Å². The van der Waals surface area contributed by atoms with Crippen LogP contribution >= 0.6 is 0 Å². The molecule has 0 fully saturated rings. The number of nitro groups is 1. The van der Waals surface area contributed by atoms with Crippen molar-refractivity contribution in [2.75, 3.05) is 12.4 Å². The van der Waals surface area contributed by atoms with Crippen molar-refractivity contribution in [3.05, 3.63) is 45.6 Å². The fourth-order valence-corrected chi connectivity index (χ4v) is 1.43. The number of carboxylic acid groups (broad SMARTS) is 1. The minimum atomic E-state index is -1.38.